The number of nitrogens with two attached hydrogens (primary N) is 1. The fraction of sp³-hybridized carbons (Fsp3) is 0.438. The Morgan fingerprint density at radius 1 is 1.25 bits per heavy atom. The van der Waals surface area contributed by atoms with Crippen molar-refractivity contribution >= 4 is 29.7 Å². The van der Waals surface area contributed by atoms with Crippen LogP contribution in [-0.2, 0) is 17.6 Å². The van der Waals surface area contributed by atoms with Gasteiger partial charge in [-0.25, -0.2) is 0 Å². The number of nitrogen functional groups attached to an aromatic ring is 1. The molecule has 0 saturated heterocycles. The Morgan fingerprint density at radius 2 is 1.80 bits per heavy atom. The normalized spacial score (nSPS) is 9.80. The number of rotatable bonds is 5. The minimum atomic E-state index is -0.214. The third-order valence-corrected chi connectivity index (χ3v) is 3.65. The molecule has 0 bridgehead atoms. The van der Waals surface area contributed by atoms with E-state index in [1.54, 1.807) is 0 Å². The smallest absolute Gasteiger partial charge is 0.247 e. The second kappa shape index (κ2) is 7.95. The van der Waals surface area contributed by atoms with E-state index in [0.29, 0.717) is 5.69 Å². The Hall–Kier alpha value is -1.48. The van der Waals surface area contributed by atoms with E-state index in [9.17, 15) is 4.79 Å². The molecule has 0 atom stereocenters. The average molecular weight is 297 g/mol. The lowest BCUT2D eigenvalue weighted by atomic mass is 9.90. The van der Waals surface area contributed by atoms with E-state index in [0.717, 1.165) is 36.1 Å². The van der Waals surface area contributed by atoms with Gasteiger partial charge in [0.25, 0.3) is 0 Å². The fourth-order valence-corrected chi connectivity index (χ4v) is 2.49. The molecule has 0 spiro atoms. The summed E-state index contributed by atoms with van der Waals surface area (Å²) in [6.45, 7) is 11.9. The van der Waals surface area contributed by atoms with E-state index >= 15 is 0 Å². The van der Waals surface area contributed by atoms with E-state index in [-0.39, 0.29) is 18.3 Å². The fourth-order valence-electron chi connectivity index (χ4n) is 2.49. The molecule has 1 amide bonds. The molecule has 0 aliphatic rings. The molecule has 1 aromatic rings. The summed E-state index contributed by atoms with van der Waals surface area (Å²) in [6.07, 6.45) is 4.06. The van der Waals surface area contributed by atoms with Gasteiger partial charge in [0.2, 0.25) is 5.91 Å². The number of anilines is 2. The van der Waals surface area contributed by atoms with Crippen molar-refractivity contribution in [3.05, 3.63) is 34.9 Å². The maximum Gasteiger partial charge on any atom is 0.247 e. The number of halogens is 1. The number of amides is 1. The monoisotopic (exact) mass is 296 g/mol. The lowest BCUT2D eigenvalue weighted by molar-refractivity contribution is -0.111. The molecular formula is C16H25ClN2O. The highest BCUT2D eigenvalue weighted by Gasteiger charge is 2.17. The first-order chi connectivity index (χ1) is 8.97. The summed E-state index contributed by atoms with van der Waals surface area (Å²) in [4.78, 5) is 11.6. The van der Waals surface area contributed by atoms with Crippen LogP contribution in [0.15, 0.2) is 12.7 Å². The van der Waals surface area contributed by atoms with Crippen LogP contribution in [0.2, 0.25) is 0 Å². The van der Waals surface area contributed by atoms with E-state index in [2.05, 4.69) is 39.6 Å². The van der Waals surface area contributed by atoms with Crippen LogP contribution in [0, 0.1) is 13.8 Å². The predicted molar refractivity (Wildman–Crippen MR) is 89.8 cm³/mol. The number of benzene rings is 1. The van der Waals surface area contributed by atoms with E-state index in [1.807, 2.05) is 0 Å². The number of carbonyl (C=O) groups is 1. The summed E-state index contributed by atoms with van der Waals surface area (Å²) in [5.41, 5.74) is 12.4. The van der Waals surface area contributed by atoms with Crippen molar-refractivity contribution in [1.29, 1.82) is 0 Å². The van der Waals surface area contributed by atoms with Crippen LogP contribution in [0.4, 0.5) is 11.4 Å². The lowest BCUT2D eigenvalue weighted by Gasteiger charge is -2.21. The zero-order valence-electron chi connectivity index (χ0n) is 12.8. The largest absolute Gasteiger partial charge is 0.397 e. The molecule has 0 heterocycles. The summed E-state index contributed by atoms with van der Waals surface area (Å²) in [5.74, 6) is -0.214. The molecule has 0 aliphatic heterocycles. The summed E-state index contributed by atoms with van der Waals surface area (Å²) in [6, 6.07) is 0. The molecule has 1 rings (SSSR count). The molecule has 0 fully saturated rings. The molecule has 112 valence electrons. The second-order valence-electron chi connectivity index (χ2n) is 4.79. The minimum Gasteiger partial charge on any atom is -0.397 e. The zero-order chi connectivity index (χ0) is 14.6. The van der Waals surface area contributed by atoms with Gasteiger partial charge in [0, 0.05) is 0 Å². The minimum absolute atomic E-state index is 0. The second-order valence-corrected chi connectivity index (χ2v) is 4.79. The Bertz CT molecular complexity index is 510. The van der Waals surface area contributed by atoms with Gasteiger partial charge >= 0.3 is 0 Å². The van der Waals surface area contributed by atoms with Crippen LogP contribution in [0.1, 0.15) is 42.5 Å². The Labute approximate surface area is 128 Å². The van der Waals surface area contributed by atoms with E-state index in [4.69, 9.17) is 5.73 Å². The third-order valence-electron chi connectivity index (χ3n) is 3.65. The number of hydrogen-bond donors (Lipinski definition) is 2. The highest BCUT2D eigenvalue weighted by Crippen LogP contribution is 2.35. The Balaban J connectivity index is 0.00000361. The first kappa shape index (κ1) is 18.5. The van der Waals surface area contributed by atoms with E-state index in [1.165, 1.54) is 17.2 Å². The Morgan fingerprint density at radius 3 is 2.25 bits per heavy atom. The summed E-state index contributed by atoms with van der Waals surface area (Å²) in [7, 11) is 0. The lowest BCUT2D eigenvalue weighted by Crippen LogP contribution is -2.15. The quantitative estimate of drug-likeness (QED) is 0.638. The van der Waals surface area contributed by atoms with Crippen LogP contribution < -0.4 is 11.1 Å². The Kier molecular flexibility index (Phi) is 7.36. The molecule has 3 nitrogen and oxygen atoms in total. The molecule has 0 aliphatic carbocycles. The molecule has 0 aromatic heterocycles. The van der Waals surface area contributed by atoms with Crippen LogP contribution >= 0.6 is 12.4 Å². The summed E-state index contributed by atoms with van der Waals surface area (Å²) in [5, 5.41) is 2.87. The van der Waals surface area contributed by atoms with Gasteiger partial charge in [0.15, 0.2) is 0 Å². The average Bonchev–Trinajstić information content (AvgIpc) is 2.40. The highest BCUT2D eigenvalue weighted by molar-refractivity contribution is 6.02. The van der Waals surface area contributed by atoms with Gasteiger partial charge in [0.05, 0.1) is 11.4 Å². The van der Waals surface area contributed by atoms with Crippen molar-refractivity contribution < 1.29 is 4.79 Å². The molecule has 0 unspecified atom stereocenters. The summed E-state index contributed by atoms with van der Waals surface area (Å²) >= 11 is 0. The predicted octanol–water partition coefficient (Wildman–Crippen LogP) is 3.95. The summed E-state index contributed by atoms with van der Waals surface area (Å²) < 4.78 is 0. The standard InChI is InChI=1S/C16H24N2O.ClH/c1-6-9-13-11(5)10(4)12(7-2)15(17)16(13)18-14(19)8-3;/h8H,3,6-7,9,17H2,1-2,4-5H3,(H,18,19);1H. The number of carbonyl (C=O) groups excluding carboxylic acids is 1. The van der Waals surface area contributed by atoms with Gasteiger partial charge < -0.3 is 11.1 Å². The zero-order valence-corrected chi connectivity index (χ0v) is 13.6. The van der Waals surface area contributed by atoms with E-state index < -0.39 is 0 Å². The van der Waals surface area contributed by atoms with Crippen molar-refractivity contribution in [3.8, 4) is 0 Å². The SMILES string of the molecule is C=CC(=O)Nc1c(N)c(CC)c(C)c(C)c1CCC.Cl. The topological polar surface area (TPSA) is 55.1 Å². The van der Waals surface area contributed by atoms with Crippen molar-refractivity contribution in [2.75, 3.05) is 11.1 Å². The van der Waals surface area contributed by atoms with Gasteiger partial charge in [-0.3, -0.25) is 4.79 Å². The van der Waals surface area contributed by atoms with Crippen molar-refractivity contribution in [3.63, 3.8) is 0 Å². The molecule has 0 saturated carbocycles. The molecule has 0 radical (unpaired) electrons. The molecule has 4 heteroatoms. The molecule has 1 aromatic carbocycles. The number of hydrogen-bond acceptors (Lipinski definition) is 2. The van der Waals surface area contributed by atoms with Crippen LogP contribution in [0.5, 0.6) is 0 Å². The van der Waals surface area contributed by atoms with Gasteiger partial charge in [-0.2, -0.15) is 0 Å². The van der Waals surface area contributed by atoms with Gasteiger partial charge in [0.1, 0.15) is 0 Å². The van der Waals surface area contributed by atoms with Gasteiger partial charge in [-0.05, 0) is 55.0 Å². The maximum atomic E-state index is 11.6. The number of nitrogens with one attached hydrogen (secondary N) is 1. The van der Waals surface area contributed by atoms with Crippen LogP contribution in [-0.4, -0.2) is 5.91 Å². The van der Waals surface area contributed by atoms with Gasteiger partial charge in [-0.1, -0.05) is 26.8 Å². The molecule has 20 heavy (non-hydrogen) atoms. The van der Waals surface area contributed by atoms with Crippen LogP contribution in [0.25, 0.3) is 0 Å². The van der Waals surface area contributed by atoms with Crippen molar-refractivity contribution in [1.82, 2.24) is 0 Å². The first-order valence-corrected chi connectivity index (χ1v) is 6.81. The maximum absolute atomic E-state index is 11.6. The highest BCUT2D eigenvalue weighted by atomic mass is 35.5. The first-order valence-electron chi connectivity index (χ1n) is 6.81. The molecule has 3 N–H and O–H groups in total. The molecular weight excluding hydrogens is 272 g/mol. The van der Waals surface area contributed by atoms with Crippen molar-refractivity contribution in [2.24, 2.45) is 0 Å². The van der Waals surface area contributed by atoms with Gasteiger partial charge in [-0.15, -0.1) is 12.4 Å². The third kappa shape index (κ3) is 3.54. The van der Waals surface area contributed by atoms with Crippen molar-refractivity contribution in [2.45, 2.75) is 47.0 Å². The van der Waals surface area contributed by atoms with Crippen LogP contribution in [0.3, 0.4) is 0 Å².